The minimum Gasteiger partial charge on any atom is -0.384 e. The molecule has 0 aromatic carbocycles. The van der Waals surface area contributed by atoms with Crippen LogP contribution in [0.1, 0.15) is 40.2 Å². The first kappa shape index (κ1) is 17.4. The molecule has 1 amide bonds. The molecular formula is C16H18F2N4O3. The van der Waals surface area contributed by atoms with Crippen LogP contribution in [0.25, 0.3) is 0 Å². The quantitative estimate of drug-likeness (QED) is 0.820. The van der Waals surface area contributed by atoms with Crippen molar-refractivity contribution in [3.8, 4) is 0 Å². The topological polar surface area (TPSA) is 81.4 Å². The van der Waals surface area contributed by atoms with E-state index >= 15 is 0 Å². The molecule has 7 nitrogen and oxygen atoms in total. The molecule has 2 aromatic rings. The van der Waals surface area contributed by atoms with Crippen LogP contribution in [0.5, 0.6) is 0 Å². The molecule has 0 bridgehead atoms. The Kier molecular flexibility index (Phi) is 4.76. The minimum absolute atomic E-state index is 0.00346. The minimum atomic E-state index is -3.02. The molecule has 2 aromatic heterocycles. The van der Waals surface area contributed by atoms with Crippen molar-refractivity contribution in [1.82, 2.24) is 20.0 Å². The van der Waals surface area contributed by atoms with Gasteiger partial charge in [-0.1, -0.05) is 11.2 Å². The van der Waals surface area contributed by atoms with Crippen LogP contribution in [0.15, 0.2) is 22.9 Å². The van der Waals surface area contributed by atoms with E-state index in [2.05, 4.69) is 15.1 Å². The third kappa shape index (κ3) is 3.81. The average molecular weight is 352 g/mol. The zero-order chi connectivity index (χ0) is 18.0. The molecule has 0 unspecified atom stereocenters. The first-order valence-electron chi connectivity index (χ1n) is 7.82. The Hall–Kier alpha value is -2.42. The lowest BCUT2D eigenvalue weighted by Gasteiger charge is -2.20. The highest BCUT2D eigenvalue weighted by molar-refractivity contribution is 5.92. The molecule has 1 aliphatic heterocycles. The Bertz CT molecular complexity index is 748. The van der Waals surface area contributed by atoms with Crippen molar-refractivity contribution in [2.75, 3.05) is 20.3 Å². The van der Waals surface area contributed by atoms with Crippen molar-refractivity contribution in [3.05, 3.63) is 41.3 Å². The summed E-state index contributed by atoms with van der Waals surface area (Å²) in [4.78, 5) is 21.8. The number of aryl methyl sites for hydroxylation is 1. The molecule has 0 spiro atoms. The molecule has 1 saturated heterocycles. The second-order valence-electron chi connectivity index (χ2n) is 6.02. The van der Waals surface area contributed by atoms with Gasteiger partial charge in [0, 0.05) is 26.1 Å². The van der Waals surface area contributed by atoms with E-state index in [1.165, 1.54) is 19.4 Å². The smallest absolute Gasteiger partial charge is 0.273 e. The van der Waals surface area contributed by atoms with Gasteiger partial charge < -0.3 is 14.2 Å². The molecule has 1 aliphatic rings. The third-order valence-corrected chi connectivity index (χ3v) is 3.96. The number of methoxy groups -OCH3 is 1. The van der Waals surface area contributed by atoms with Crippen molar-refractivity contribution in [2.45, 2.75) is 31.7 Å². The summed E-state index contributed by atoms with van der Waals surface area (Å²) in [6.45, 7) is 1.51. The number of alkyl halides is 2. The Labute approximate surface area is 143 Å². The summed E-state index contributed by atoms with van der Waals surface area (Å²) in [7, 11) is 1.54. The molecule has 1 fully saturated rings. The Morgan fingerprint density at radius 2 is 2.28 bits per heavy atom. The van der Waals surface area contributed by atoms with E-state index in [4.69, 9.17) is 9.26 Å². The van der Waals surface area contributed by atoms with Crippen LogP contribution in [0.3, 0.4) is 0 Å². The van der Waals surface area contributed by atoms with Crippen LogP contribution >= 0.6 is 0 Å². The van der Waals surface area contributed by atoms with Crippen molar-refractivity contribution in [2.24, 2.45) is 0 Å². The maximum absolute atomic E-state index is 14.0. The third-order valence-electron chi connectivity index (χ3n) is 3.96. The fourth-order valence-corrected chi connectivity index (χ4v) is 2.69. The number of aromatic nitrogens is 3. The largest absolute Gasteiger partial charge is 0.384 e. The number of hydrogen-bond acceptors (Lipinski definition) is 6. The number of rotatable bonds is 5. The van der Waals surface area contributed by atoms with E-state index in [0.29, 0.717) is 18.9 Å². The highest BCUT2D eigenvalue weighted by Gasteiger charge is 2.50. The van der Waals surface area contributed by atoms with E-state index in [1.807, 2.05) is 6.92 Å². The number of pyridine rings is 1. The number of nitrogens with zero attached hydrogens (tertiary/aromatic N) is 4. The van der Waals surface area contributed by atoms with Gasteiger partial charge in [-0.15, -0.1) is 0 Å². The zero-order valence-electron chi connectivity index (χ0n) is 13.9. The lowest BCUT2D eigenvalue weighted by Crippen LogP contribution is -2.33. The van der Waals surface area contributed by atoms with Gasteiger partial charge in [-0.05, 0) is 18.6 Å². The predicted molar refractivity (Wildman–Crippen MR) is 82.2 cm³/mol. The van der Waals surface area contributed by atoms with Gasteiger partial charge in [-0.3, -0.25) is 9.78 Å². The molecule has 0 saturated carbocycles. The van der Waals surface area contributed by atoms with Crippen LogP contribution in [0.2, 0.25) is 0 Å². The number of ether oxygens (including phenoxy) is 1. The van der Waals surface area contributed by atoms with Crippen molar-refractivity contribution >= 4 is 5.91 Å². The van der Waals surface area contributed by atoms with Gasteiger partial charge >= 0.3 is 0 Å². The van der Waals surface area contributed by atoms with Crippen molar-refractivity contribution in [1.29, 1.82) is 0 Å². The van der Waals surface area contributed by atoms with Gasteiger partial charge in [0.25, 0.3) is 11.8 Å². The maximum atomic E-state index is 14.0. The summed E-state index contributed by atoms with van der Waals surface area (Å²) in [6, 6.07) is 2.25. The first-order chi connectivity index (χ1) is 11.9. The second kappa shape index (κ2) is 6.83. The average Bonchev–Trinajstić information content (AvgIpc) is 3.16. The van der Waals surface area contributed by atoms with Gasteiger partial charge in [-0.25, -0.2) is 8.78 Å². The number of carbonyl (C=O) groups excluding carboxylic acids is 1. The Morgan fingerprint density at radius 3 is 2.96 bits per heavy atom. The standard InChI is InChI=1S/C16H18F2N4O3/c1-10-3-4-11(19-8-10)15(23)22-9-16(17,18)7-12(22)14-20-13(21-25-14)5-6-24-2/h3-4,8,12H,5-7,9H2,1-2H3/t12-/m0/s1. The summed E-state index contributed by atoms with van der Waals surface area (Å²) in [5.74, 6) is -3.25. The molecule has 0 radical (unpaired) electrons. The van der Waals surface area contributed by atoms with Gasteiger partial charge in [-0.2, -0.15) is 4.98 Å². The highest BCUT2D eigenvalue weighted by atomic mass is 19.3. The number of likely N-dealkylation sites (tertiary alicyclic amines) is 1. The van der Waals surface area contributed by atoms with Gasteiger partial charge in [0.1, 0.15) is 11.7 Å². The van der Waals surface area contributed by atoms with E-state index in [-0.39, 0.29) is 11.6 Å². The summed E-state index contributed by atoms with van der Waals surface area (Å²) < 4.78 is 37.9. The van der Waals surface area contributed by atoms with E-state index < -0.39 is 30.8 Å². The molecule has 0 N–H and O–H groups in total. The van der Waals surface area contributed by atoms with Crippen molar-refractivity contribution < 1.29 is 22.8 Å². The normalized spacial score (nSPS) is 19.4. The molecule has 9 heteroatoms. The van der Waals surface area contributed by atoms with Crippen LogP contribution in [-0.4, -0.2) is 52.1 Å². The highest BCUT2D eigenvalue weighted by Crippen LogP contribution is 2.41. The fourth-order valence-electron chi connectivity index (χ4n) is 2.69. The number of carbonyl (C=O) groups is 1. The fraction of sp³-hybridized carbons (Fsp3) is 0.500. The van der Waals surface area contributed by atoms with Crippen molar-refractivity contribution in [3.63, 3.8) is 0 Å². The van der Waals surface area contributed by atoms with E-state index in [9.17, 15) is 13.6 Å². The molecular weight excluding hydrogens is 334 g/mol. The van der Waals surface area contributed by atoms with Crippen LogP contribution < -0.4 is 0 Å². The molecule has 0 aliphatic carbocycles. The molecule has 1 atom stereocenters. The molecule has 3 heterocycles. The van der Waals surface area contributed by atoms with Gasteiger partial charge in [0.2, 0.25) is 5.89 Å². The summed E-state index contributed by atoms with van der Waals surface area (Å²) >= 11 is 0. The number of halogens is 2. The van der Waals surface area contributed by atoms with Crippen LogP contribution in [0, 0.1) is 6.92 Å². The lowest BCUT2D eigenvalue weighted by molar-refractivity contribution is 0.0116. The van der Waals surface area contributed by atoms with Crippen LogP contribution in [0.4, 0.5) is 8.78 Å². The summed E-state index contributed by atoms with van der Waals surface area (Å²) in [5, 5.41) is 3.76. The maximum Gasteiger partial charge on any atom is 0.273 e. The van der Waals surface area contributed by atoms with E-state index in [0.717, 1.165) is 10.5 Å². The van der Waals surface area contributed by atoms with Gasteiger partial charge in [0.15, 0.2) is 5.82 Å². The molecule has 25 heavy (non-hydrogen) atoms. The Morgan fingerprint density at radius 1 is 1.48 bits per heavy atom. The second-order valence-corrected chi connectivity index (χ2v) is 6.02. The van der Waals surface area contributed by atoms with Gasteiger partial charge in [0.05, 0.1) is 13.2 Å². The lowest BCUT2D eigenvalue weighted by atomic mass is 10.2. The number of amides is 1. The summed E-state index contributed by atoms with van der Waals surface area (Å²) in [6.07, 6.45) is 1.36. The monoisotopic (exact) mass is 352 g/mol. The molecule has 134 valence electrons. The molecule has 3 rings (SSSR count). The zero-order valence-corrected chi connectivity index (χ0v) is 13.9. The van der Waals surface area contributed by atoms with Crippen LogP contribution in [-0.2, 0) is 11.2 Å². The first-order valence-corrected chi connectivity index (χ1v) is 7.82. The predicted octanol–water partition coefficient (Wildman–Crippen LogP) is 2.18. The van der Waals surface area contributed by atoms with E-state index in [1.54, 1.807) is 6.07 Å². The summed E-state index contributed by atoms with van der Waals surface area (Å²) in [5.41, 5.74) is 0.979. The Balaban J connectivity index is 1.84. The number of hydrogen-bond donors (Lipinski definition) is 0. The SMILES string of the molecule is COCCc1noc([C@@H]2CC(F)(F)CN2C(=O)c2ccc(C)cn2)n1.